The number of nitrogens with one attached hydrogen (secondary N) is 1. The maximum Gasteiger partial charge on any atom is 0.330 e. The van der Waals surface area contributed by atoms with Gasteiger partial charge in [0.2, 0.25) is 10.0 Å². The lowest BCUT2D eigenvalue weighted by Crippen LogP contribution is -2.41. The summed E-state index contributed by atoms with van der Waals surface area (Å²) in [5.74, 6) is 0.485. The van der Waals surface area contributed by atoms with Crippen molar-refractivity contribution < 1.29 is 8.42 Å². The van der Waals surface area contributed by atoms with Gasteiger partial charge in [-0.15, -0.1) is 0 Å². The van der Waals surface area contributed by atoms with E-state index in [1.807, 2.05) is 27.7 Å². The second-order valence-electron chi connectivity index (χ2n) is 7.79. The van der Waals surface area contributed by atoms with Crippen LogP contribution >= 0.6 is 0 Å². The summed E-state index contributed by atoms with van der Waals surface area (Å²) in [4.78, 5) is 28.7. The van der Waals surface area contributed by atoms with Gasteiger partial charge in [0, 0.05) is 33.7 Å². The summed E-state index contributed by atoms with van der Waals surface area (Å²) in [6, 6.07) is 0. The Bertz CT molecular complexity index is 840. The molecule has 1 rings (SSSR count). The van der Waals surface area contributed by atoms with Gasteiger partial charge < -0.3 is 10.6 Å². The normalized spacial score (nSPS) is 12.3. The molecule has 0 aliphatic heterocycles. The summed E-state index contributed by atoms with van der Waals surface area (Å²) in [6.45, 7) is 9.16. The molecule has 9 nitrogen and oxygen atoms in total. The Kier molecular flexibility index (Phi) is 8.09. The maximum atomic E-state index is 12.5. The zero-order valence-corrected chi connectivity index (χ0v) is 18.0. The molecular weight excluding hydrogens is 370 g/mol. The molecule has 1 aromatic rings. The summed E-state index contributed by atoms with van der Waals surface area (Å²) >= 11 is 0. The molecular formula is C17H33N5O4S. The summed E-state index contributed by atoms with van der Waals surface area (Å²) in [5.41, 5.74) is 5.34. The van der Waals surface area contributed by atoms with Crippen LogP contribution in [0.4, 0.5) is 11.5 Å². The Morgan fingerprint density at radius 1 is 1.11 bits per heavy atom. The fourth-order valence-corrected chi connectivity index (χ4v) is 3.64. The third-order valence-corrected chi connectivity index (χ3v) is 5.97. The molecule has 0 spiro atoms. The molecule has 0 saturated carbocycles. The second-order valence-corrected chi connectivity index (χ2v) is 10.1. The summed E-state index contributed by atoms with van der Waals surface area (Å²) in [6.07, 6.45) is 0.343. The highest BCUT2D eigenvalue weighted by atomic mass is 32.2. The van der Waals surface area contributed by atoms with Crippen LogP contribution in [0, 0.1) is 11.8 Å². The van der Waals surface area contributed by atoms with Gasteiger partial charge in [0.05, 0.1) is 5.75 Å². The van der Waals surface area contributed by atoms with Crippen molar-refractivity contribution in [3.05, 3.63) is 20.8 Å². The number of anilines is 2. The average molecular weight is 404 g/mol. The zero-order chi connectivity index (χ0) is 20.9. The molecule has 10 heteroatoms. The topological polar surface area (TPSA) is 121 Å². The molecule has 1 heterocycles. The molecule has 0 amide bonds. The first kappa shape index (κ1) is 23.2. The first-order valence-electron chi connectivity index (χ1n) is 9.14. The number of nitrogens with two attached hydrogens (primary N) is 1. The molecule has 0 fully saturated rings. The highest BCUT2D eigenvalue weighted by molar-refractivity contribution is 7.89. The lowest BCUT2D eigenvalue weighted by molar-refractivity contribution is 0.505. The molecule has 27 heavy (non-hydrogen) atoms. The Morgan fingerprint density at radius 3 is 2.19 bits per heavy atom. The predicted molar refractivity (Wildman–Crippen MR) is 110 cm³/mol. The van der Waals surface area contributed by atoms with Gasteiger partial charge in [-0.2, -0.15) is 0 Å². The number of hydrogen-bond acceptors (Lipinski definition) is 6. The van der Waals surface area contributed by atoms with Crippen LogP contribution in [0.2, 0.25) is 0 Å². The molecule has 0 bridgehead atoms. The van der Waals surface area contributed by atoms with Gasteiger partial charge in [-0.3, -0.25) is 14.3 Å². The van der Waals surface area contributed by atoms with E-state index >= 15 is 0 Å². The number of aromatic nitrogens is 2. The maximum absolute atomic E-state index is 12.5. The van der Waals surface area contributed by atoms with E-state index < -0.39 is 21.3 Å². The number of aromatic amines is 1. The van der Waals surface area contributed by atoms with Crippen molar-refractivity contribution in [2.24, 2.45) is 11.8 Å². The van der Waals surface area contributed by atoms with Crippen molar-refractivity contribution in [3.8, 4) is 0 Å². The van der Waals surface area contributed by atoms with Crippen LogP contribution < -0.4 is 21.9 Å². The van der Waals surface area contributed by atoms with Crippen molar-refractivity contribution >= 4 is 21.5 Å². The lowest BCUT2D eigenvalue weighted by Gasteiger charge is -2.28. The van der Waals surface area contributed by atoms with Crippen molar-refractivity contribution in [2.45, 2.75) is 40.7 Å². The third kappa shape index (κ3) is 6.39. The van der Waals surface area contributed by atoms with Crippen LogP contribution in [0.1, 0.15) is 34.1 Å². The first-order valence-corrected chi connectivity index (χ1v) is 10.8. The van der Waals surface area contributed by atoms with Gasteiger partial charge in [0.15, 0.2) is 0 Å². The van der Waals surface area contributed by atoms with Crippen molar-refractivity contribution in [3.63, 3.8) is 0 Å². The molecule has 156 valence electrons. The van der Waals surface area contributed by atoms with E-state index in [1.54, 1.807) is 4.90 Å². The number of sulfonamides is 1. The van der Waals surface area contributed by atoms with E-state index in [1.165, 1.54) is 23.0 Å². The summed E-state index contributed by atoms with van der Waals surface area (Å²) in [7, 11) is -0.338. The Balaban J connectivity index is 3.24. The van der Waals surface area contributed by atoms with Gasteiger partial charge in [0.25, 0.3) is 5.56 Å². The van der Waals surface area contributed by atoms with Crippen molar-refractivity contribution in [1.82, 2.24) is 13.9 Å². The van der Waals surface area contributed by atoms with Crippen LogP contribution in [0.25, 0.3) is 0 Å². The van der Waals surface area contributed by atoms with E-state index in [2.05, 4.69) is 4.98 Å². The second kappa shape index (κ2) is 9.41. The van der Waals surface area contributed by atoms with E-state index in [0.717, 1.165) is 0 Å². The monoisotopic (exact) mass is 403 g/mol. The van der Waals surface area contributed by atoms with E-state index in [4.69, 9.17) is 5.73 Å². The molecule has 0 aliphatic carbocycles. The number of hydrogen-bond donors (Lipinski definition) is 2. The number of H-pyrrole nitrogens is 1. The Morgan fingerprint density at radius 2 is 1.70 bits per heavy atom. The largest absolute Gasteiger partial charge is 0.383 e. The van der Waals surface area contributed by atoms with Crippen LogP contribution in [-0.4, -0.2) is 55.2 Å². The van der Waals surface area contributed by atoms with Gasteiger partial charge in [-0.1, -0.05) is 27.7 Å². The fraction of sp³-hybridized carbons (Fsp3) is 0.765. The smallest absolute Gasteiger partial charge is 0.330 e. The van der Waals surface area contributed by atoms with E-state index in [9.17, 15) is 18.0 Å². The Labute approximate surface area is 161 Å². The minimum Gasteiger partial charge on any atom is -0.383 e. The van der Waals surface area contributed by atoms with Crippen LogP contribution in [0.5, 0.6) is 0 Å². The van der Waals surface area contributed by atoms with Gasteiger partial charge in [-0.25, -0.2) is 17.5 Å². The van der Waals surface area contributed by atoms with Gasteiger partial charge in [-0.05, 0) is 18.3 Å². The third-order valence-electron chi connectivity index (χ3n) is 4.05. The molecule has 0 radical (unpaired) electrons. The number of nitrogens with zero attached hydrogens (tertiary/aromatic N) is 3. The van der Waals surface area contributed by atoms with Gasteiger partial charge >= 0.3 is 5.69 Å². The molecule has 0 aromatic carbocycles. The zero-order valence-electron chi connectivity index (χ0n) is 17.2. The minimum absolute atomic E-state index is 0.0297. The number of nitrogen functional groups attached to an aromatic ring is 1. The van der Waals surface area contributed by atoms with Gasteiger partial charge in [0.1, 0.15) is 11.5 Å². The SMILES string of the molecule is CC(C)CN(CCCS(=O)(=O)N(C)C)c1c(N)n(CC(C)C)c(=O)[nH]c1=O. The lowest BCUT2D eigenvalue weighted by atomic mass is 10.2. The van der Waals surface area contributed by atoms with Crippen molar-refractivity contribution in [1.29, 1.82) is 0 Å². The Hall–Kier alpha value is -1.81. The standard InChI is InChI=1S/C17H33N5O4S/c1-12(2)10-21(8-7-9-27(25,26)20(5)6)14-15(18)22(11-13(3)4)17(24)19-16(14)23/h12-13H,7-11,18H2,1-6H3,(H,19,23,24). The molecule has 0 saturated heterocycles. The van der Waals surface area contributed by atoms with Crippen LogP contribution in [0.15, 0.2) is 9.59 Å². The van der Waals surface area contributed by atoms with Crippen LogP contribution in [0.3, 0.4) is 0 Å². The van der Waals surface area contributed by atoms with Crippen molar-refractivity contribution in [2.75, 3.05) is 43.6 Å². The molecule has 0 atom stereocenters. The first-order chi connectivity index (χ1) is 12.4. The molecule has 0 unspecified atom stereocenters. The van der Waals surface area contributed by atoms with Crippen LogP contribution in [-0.2, 0) is 16.6 Å². The molecule has 1 aromatic heterocycles. The highest BCUT2D eigenvalue weighted by Crippen LogP contribution is 2.19. The summed E-state index contributed by atoms with van der Waals surface area (Å²) < 4.78 is 26.5. The number of rotatable bonds is 10. The van der Waals surface area contributed by atoms with E-state index in [-0.39, 0.29) is 29.1 Å². The highest BCUT2D eigenvalue weighted by Gasteiger charge is 2.21. The quantitative estimate of drug-likeness (QED) is 0.587. The molecule has 3 N–H and O–H groups in total. The molecule has 0 aliphatic rings. The predicted octanol–water partition coefficient (Wildman–Crippen LogP) is 0.519. The summed E-state index contributed by atoms with van der Waals surface area (Å²) in [5, 5.41) is 0. The average Bonchev–Trinajstić information content (AvgIpc) is 2.50. The minimum atomic E-state index is -3.32. The fourth-order valence-electron chi connectivity index (χ4n) is 2.78. The van der Waals surface area contributed by atoms with E-state index in [0.29, 0.717) is 26.1 Å².